The van der Waals surface area contributed by atoms with E-state index in [-0.39, 0.29) is 0 Å². The molecule has 0 aliphatic heterocycles. The molecule has 0 amide bonds. The molecular formula is C15H20N2O. The first-order chi connectivity index (χ1) is 8.72. The summed E-state index contributed by atoms with van der Waals surface area (Å²) in [5, 5.41) is 0. The number of benzene rings is 1. The van der Waals surface area contributed by atoms with Gasteiger partial charge in [-0.25, -0.2) is 4.98 Å². The molecule has 2 rings (SSSR count). The lowest BCUT2D eigenvalue weighted by Gasteiger charge is -2.14. The zero-order chi connectivity index (χ0) is 13.0. The van der Waals surface area contributed by atoms with Crippen LogP contribution >= 0.6 is 0 Å². The summed E-state index contributed by atoms with van der Waals surface area (Å²) >= 11 is 0. The second kappa shape index (κ2) is 5.71. The Morgan fingerprint density at radius 1 is 1.28 bits per heavy atom. The lowest BCUT2D eigenvalue weighted by Crippen LogP contribution is -2.07. The molecule has 96 valence electrons. The molecule has 0 saturated carbocycles. The van der Waals surface area contributed by atoms with Crippen molar-refractivity contribution in [3.63, 3.8) is 0 Å². The Morgan fingerprint density at radius 2 is 2.06 bits per heavy atom. The lowest BCUT2D eigenvalue weighted by molar-refractivity contribution is 0.289. The van der Waals surface area contributed by atoms with E-state index in [1.807, 2.05) is 30.7 Å². The topological polar surface area (TPSA) is 27.1 Å². The summed E-state index contributed by atoms with van der Waals surface area (Å²) in [6.45, 7) is 6.99. The molecule has 0 atom stereocenters. The van der Waals surface area contributed by atoms with Gasteiger partial charge in [0, 0.05) is 6.04 Å². The van der Waals surface area contributed by atoms with E-state index in [0.717, 1.165) is 17.9 Å². The average molecular weight is 244 g/mol. The lowest BCUT2D eigenvalue weighted by atomic mass is 10.1. The summed E-state index contributed by atoms with van der Waals surface area (Å²) in [6.07, 6.45) is 4.71. The van der Waals surface area contributed by atoms with Crippen LogP contribution in [0.2, 0.25) is 0 Å². The fourth-order valence-corrected chi connectivity index (χ4v) is 2.00. The number of aryl methyl sites for hydroxylation is 1. The molecule has 0 fully saturated rings. The van der Waals surface area contributed by atoms with Gasteiger partial charge in [0.25, 0.3) is 0 Å². The van der Waals surface area contributed by atoms with Crippen LogP contribution in [0, 0.1) is 0 Å². The van der Waals surface area contributed by atoms with Crippen molar-refractivity contribution in [2.24, 2.45) is 0 Å². The van der Waals surface area contributed by atoms with Crippen LogP contribution in [0.4, 0.5) is 0 Å². The van der Waals surface area contributed by atoms with Crippen molar-refractivity contribution in [1.29, 1.82) is 0 Å². The van der Waals surface area contributed by atoms with Crippen LogP contribution in [0.5, 0.6) is 5.75 Å². The quantitative estimate of drug-likeness (QED) is 0.803. The number of aromatic nitrogens is 2. The standard InChI is InChI=1S/C15H20N2O/c1-4-13-7-5-6-8-15(13)18-10-14-9-16-11-17(14)12(2)3/h5-9,11-12H,4,10H2,1-3H3. The molecule has 0 N–H and O–H groups in total. The Balaban J connectivity index is 2.09. The third-order valence-corrected chi connectivity index (χ3v) is 3.03. The maximum absolute atomic E-state index is 5.90. The summed E-state index contributed by atoms with van der Waals surface area (Å²) in [4.78, 5) is 4.18. The van der Waals surface area contributed by atoms with Crippen molar-refractivity contribution < 1.29 is 4.74 Å². The minimum Gasteiger partial charge on any atom is -0.487 e. The maximum atomic E-state index is 5.90. The van der Waals surface area contributed by atoms with E-state index in [0.29, 0.717) is 12.6 Å². The van der Waals surface area contributed by atoms with Crippen LogP contribution in [0.25, 0.3) is 0 Å². The van der Waals surface area contributed by atoms with E-state index >= 15 is 0 Å². The number of ether oxygens (including phenoxy) is 1. The zero-order valence-electron chi connectivity index (χ0n) is 11.3. The Bertz CT molecular complexity index is 503. The van der Waals surface area contributed by atoms with Gasteiger partial charge in [0.05, 0.1) is 18.2 Å². The van der Waals surface area contributed by atoms with Crippen LogP contribution in [0.1, 0.15) is 38.1 Å². The van der Waals surface area contributed by atoms with Crippen molar-refractivity contribution in [3.05, 3.63) is 48.0 Å². The SMILES string of the molecule is CCc1ccccc1OCc1cncn1C(C)C. The fourth-order valence-electron chi connectivity index (χ4n) is 2.00. The Kier molecular flexibility index (Phi) is 4.03. The van der Waals surface area contributed by atoms with Crippen LogP contribution in [0.15, 0.2) is 36.8 Å². The molecule has 3 heteroatoms. The fraction of sp³-hybridized carbons (Fsp3) is 0.400. The second-order valence-corrected chi connectivity index (χ2v) is 4.64. The summed E-state index contributed by atoms with van der Waals surface area (Å²) in [5.41, 5.74) is 2.35. The number of hydrogen-bond donors (Lipinski definition) is 0. The molecule has 0 aliphatic rings. The van der Waals surface area contributed by atoms with E-state index in [9.17, 15) is 0 Å². The van der Waals surface area contributed by atoms with E-state index in [1.165, 1.54) is 5.56 Å². The van der Waals surface area contributed by atoms with Gasteiger partial charge in [-0.2, -0.15) is 0 Å². The molecule has 2 aromatic rings. The van der Waals surface area contributed by atoms with Gasteiger partial charge in [0.2, 0.25) is 0 Å². The zero-order valence-corrected chi connectivity index (χ0v) is 11.3. The number of imidazole rings is 1. The largest absolute Gasteiger partial charge is 0.487 e. The van der Waals surface area contributed by atoms with Gasteiger partial charge in [-0.15, -0.1) is 0 Å². The van der Waals surface area contributed by atoms with Gasteiger partial charge >= 0.3 is 0 Å². The third kappa shape index (κ3) is 2.73. The summed E-state index contributed by atoms with van der Waals surface area (Å²) in [5.74, 6) is 0.969. The highest BCUT2D eigenvalue weighted by molar-refractivity contribution is 5.33. The average Bonchev–Trinajstić information content (AvgIpc) is 2.85. The van der Waals surface area contributed by atoms with Gasteiger partial charge in [-0.05, 0) is 31.9 Å². The predicted octanol–water partition coefficient (Wildman–Crippen LogP) is 3.61. The first-order valence-electron chi connectivity index (χ1n) is 6.43. The predicted molar refractivity (Wildman–Crippen MR) is 72.8 cm³/mol. The van der Waals surface area contributed by atoms with Crippen molar-refractivity contribution >= 4 is 0 Å². The number of hydrogen-bond acceptors (Lipinski definition) is 2. The van der Waals surface area contributed by atoms with Gasteiger partial charge in [-0.1, -0.05) is 25.1 Å². The Morgan fingerprint density at radius 3 is 2.78 bits per heavy atom. The van der Waals surface area contributed by atoms with Gasteiger partial charge < -0.3 is 9.30 Å². The number of para-hydroxylation sites is 1. The first-order valence-corrected chi connectivity index (χ1v) is 6.43. The molecular weight excluding hydrogens is 224 g/mol. The van der Waals surface area contributed by atoms with Crippen molar-refractivity contribution in [2.75, 3.05) is 0 Å². The smallest absolute Gasteiger partial charge is 0.130 e. The summed E-state index contributed by atoms with van der Waals surface area (Å²) in [6, 6.07) is 8.59. The number of nitrogens with zero attached hydrogens (tertiary/aromatic N) is 2. The third-order valence-electron chi connectivity index (χ3n) is 3.03. The van der Waals surface area contributed by atoms with Crippen LogP contribution in [-0.4, -0.2) is 9.55 Å². The van der Waals surface area contributed by atoms with Crippen molar-refractivity contribution in [2.45, 2.75) is 39.8 Å². The highest BCUT2D eigenvalue weighted by Gasteiger charge is 2.07. The van der Waals surface area contributed by atoms with Gasteiger partial charge in [0.15, 0.2) is 0 Å². The van der Waals surface area contributed by atoms with E-state index in [1.54, 1.807) is 0 Å². The minimum atomic E-state index is 0.410. The molecule has 0 saturated heterocycles. The first kappa shape index (κ1) is 12.7. The highest BCUT2D eigenvalue weighted by Crippen LogP contribution is 2.20. The molecule has 18 heavy (non-hydrogen) atoms. The van der Waals surface area contributed by atoms with Gasteiger partial charge in [-0.3, -0.25) is 0 Å². The van der Waals surface area contributed by atoms with Crippen molar-refractivity contribution in [3.8, 4) is 5.75 Å². The molecule has 0 bridgehead atoms. The van der Waals surface area contributed by atoms with E-state index in [2.05, 4.69) is 36.4 Å². The highest BCUT2D eigenvalue weighted by atomic mass is 16.5. The molecule has 0 spiro atoms. The molecule has 0 unspecified atom stereocenters. The minimum absolute atomic E-state index is 0.410. The van der Waals surface area contributed by atoms with Crippen LogP contribution < -0.4 is 4.74 Å². The molecule has 0 aliphatic carbocycles. The Labute approximate surface area is 108 Å². The van der Waals surface area contributed by atoms with Crippen LogP contribution in [-0.2, 0) is 13.0 Å². The molecule has 3 nitrogen and oxygen atoms in total. The molecule has 1 heterocycles. The number of rotatable bonds is 5. The van der Waals surface area contributed by atoms with E-state index < -0.39 is 0 Å². The van der Waals surface area contributed by atoms with Crippen molar-refractivity contribution in [1.82, 2.24) is 9.55 Å². The monoisotopic (exact) mass is 244 g/mol. The normalized spacial score (nSPS) is 10.9. The summed E-state index contributed by atoms with van der Waals surface area (Å²) < 4.78 is 8.04. The molecule has 1 aromatic heterocycles. The maximum Gasteiger partial charge on any atom is 0.130 e. The van der Waals surface area contributed by atoms with E-state index in [4.69, 9.17) is 4.74 Å². The van der Waals surface area contributed by atoms with Gasteiger partial charge in [0.1, 0.15) is 12.4 Å². The Hall–Kier alpha value is -1.77. The molecule has 1 aromatic carbocycles. The molecule has 0 radical (unpaired) electrons. The second-order valence-electron chi connectivity index (χ2n) is 4.64. The summed E-state index contributed by atoms with van der Waals surface area (Å²) in [7, 11) is 0. The van der Waals surface area contributed by atoms with Crippen LogP contribution in [0.3, 0.4) is 0 Å².